The summed E-state index contributed by atoms with van der Waals surface area (Å²) in [7, 11) is 0. The molecule has 2 aromatic heterocycles. The van der Waals surface area contributed by atoms with Crippen LogP contribution in [0.4, 0.5) is 0 Å². The molecule has 1 aliphatic carbocycles. The molecule has 7 heteroatoms. The molecule has 2 aromatic rings. The summed E-state index contributed by atoms with van der Waals surface area (Å²) in [5.74, 6) is -0.892. The van der Waals surface area contributed by atoms with Gasteiger partial charge in [-0.2, -0.15) is 5.10 Å². The van der Waals surface area contributed by atoms with Crippen molar-refractivity contribution in [2.75, 3.05) is 0 Å². The first-order chi connectivity index (χ1) is 11.1. The summed E-state index contributed by atoms with van der Waals surface area (Å²) in [6.07, 6.45) is 5.17. The number of amides is 1. The minimum atomic E-state index is -1.10. The molecule has 0 radical (unpaired) electrons. The molecule has 0 unspecified atom stereocenters. The molecule has 0 spiro atoms. The lowest BCUT2D eigenvalue weighted by molar-refractivity contribution is 0.0659. The van der Waals surface area contributed by atoms with Crippen molar-refractivity contribution < 1.29 is 19.1 Å². The van der Waals surface area contributed by atoms with Gasteiger partial charge in [-0.05, 0) is 31.9 Å². The second-order valence-corrected chi connectivity index (χ2v) is 5.25. The number of fused-ring (bicyclic) bond motifs is 1. The predicted molar refractivity (Wildman–Crippen MR) is 81.6 cm³/mol. The Morgan fingerprint density at radius 3 is 2.74 bits per heavy atom. The summed E-state index contributed by atoms with van der Waals surface area (Å²) in [5.41, 5.74) is 4.85. The van der Waals surface area contributed by atoms with Gasteiger partial charge in [-0.15, -0.1) is 0 Å². The van der Waals surface area contributed by atoms with Crippen molar-refractivity contribution in [2.24, 2.45) is 5.10 Å². The summed E-state index contributed by atoms with van der Waals surface area (Å²) < 4.78 is 5.42. The Hall–Kier alpha value is -2.96. The van der Waals surface area contributed by atoms with Crippen LogP contribution >= 0.6 is 0 Å². The molecule has 1 amide bonds. The van der Waals surface area contributed by atoms with Gasteiger partial charge in [-0.25, -0.2) is 10.2 Å². The maximum atomic E-state index is 12.0. The highest BCUT2D eigenvalue weighted by atomic mass is 16.4. The quantitative estimate of drug-likeness (QED) is 0.845. The van der Waals surface area contributed by atoms with Crippen LogP contribution in [0.1, 0.15) is 50.6 Å². The first-order valence-electron chi connectivity index (χ1n) is 7.20. The van der Waals surface area contributed by atoms with Gasteiger partial charge >= 0.3 is 5.97 Å². The number of nitrogens with one attached hydrogen (secondary N) is 1. The molecule has 0 saturated heterocycles. The number of hydrazone groups is 1. The topological polar surface area (TPSA) is 105 Å². The number of carbonyl (C=O) groups excluding carboxylic acids is 1. The van der Waals surface area contributed by atoms with E-state index in [2.05, 4.69) is 15.5 Å². The van der Waals surface area contributed by atoms with Gasteiger partial charge in [0.1, 0.15) is 5.76 Å². The van der Waals surface area contributed by atoms with E-state index in [4.69, 9.17) is 9.52 Å². The zero-order valence-electron chi connectivity index (χ0n) is 12.5. The van der Waals surface area contributed by atoms with Gasteiger partial charge in [0.05, 0.1) is 5.71 Å². The van der Waals surface area contributed by atoms with E-state index in [-0.39, 0.29) is 11.7 Å². The Morgan fingerprint density at radius 1 is 1.30 bits per heavy atom. The van der Waals surface area contributed by atoms with E-state index in [1.165, 1.54) is 12.4 Å². The summed E-state index contributed by atoms with van der Waals surface area (Å²) in [5, 5.41) is 13.3. The third-order valence-electron chi connectivity index (χ3n) is 3.75. The number of aryl methyl sites for hydroxylation is 1. The van der Waals surface area contributed by atoms with Gasteiger partial charge in [0.15, 0.2) is 0 Å². The fourth-order valence-electron chi connectivity index (χ4n) is 2.67. The van der Waals surface area contributed by atoms with E-state index in [0.717, 1.165) is 6.42 Å². The zero-order chi connectivity index (χ0) is 16.4. The first-order valence-corrected chi connectivity index (χ1v) is 7.20. The third-order valence-corrected chi connectivity index (χ3v) is 3.75. The molecule has 0 aliphatic heterocycles. The molecule has 2 N–H and O–H groups in total. The zero-order valence-corrected chi connectivity index (χ0v) is 12.5. The van der Waals surface area contributed by atoms with E-state index in [1.54, 1.807) is 19.1 Å². The van der Waals surface area contributed by atoms with Crippen molar-refractivity contribution in [1.29, 1.82) is 0 Å². The summed E-state index contributed by atoms with van der Waals surface area (Å²) >= 11 is 0. The third kappa shape index (κ3) is 2.85. The Balaban J connectivity index is 1.88. The fraction of sp³-hybridized carbons (Fsp3) is 0.250. The normalized spacial score (nSPS) is 15.3. The number of carboxylic acid groups (broad SMARTS) is 1. The molecule has 7 nitrogen and oxygen atoms in total. The van der Waals surface area contributed by atoms with Gasteiger partial charge in [0, 0.05) is 35.5 Å². The Labute approximate surface area is 132 Å². The average Bonchev–Trinajstić information content (AvgIpc) is 2.91. The maximum Gasteiger partial charge on any atom is 0.372 e. The van der Waals surface area contributed by atoms with Crippen LogP contribution in [0.15, 0.2) is 34.0 Å². The monoisotopic (exact) mass is 313 g/mol. The Bertz CT molecular complexity index is 793. The molecule has 118 valence electrons. The fourth-order valence-corrected chi connectivity index (χ4v) is 2.67. The molecule has 0 bridgehead atoms. The number of aromatic nitrogens is 1. The van der Waals surface area contributed by atoms with Gasteiger partial charge in [0.2, 0.25) is 5.76 Å². The highest BCUT2D eigenvalue weighted by molar-refractivity contribution is 6.06. The maximum absolute atomic E-state index is 12.0. The molecular formula is C16H15N3O4. The number of furan rings is 1. The highest BCUT2D eigenvalue weighted by Crippen LogP contribution is 2.29. The smallest absolute Gasteiger partial charge is 0.372 e. The molecular weight excluding hydrogens is 298 g/mol. The van der Waals surface area contributed by atoms with Gasteiger partial charge in [0.25, 0.3) is 5.91 Å². The second-order valence-electron chi connectivity index (χ2n) is 5.25. The Kier molecular flexibility index (Phi) is 3.92. The number of carbonyl (C=O) groups is 2. The largest absolute Gasteiger partial charge is 0.475 e. The lowest BCUT2D eigenvalue weighted by atomic mass is 9.93. The van der Waals surface area contributed by atoms with E-state index in [9.17, 15) is 9.59 Å². The van der Waals surface area contributed by atoms with Crippen LogP contribution in [0.25, 0.3) is 0 Å². The minimum Gasteiger partial charge on any atom is -0.475 e. The van der Waals surface area contributed by atoms with Crippen LogP contribution in [0.5, 0.6) is 0 Å². The molecule has 0 saturated carbocycles. The number of aromatic carboxylic acids is 1. The molecule has 0 fully saturated rings. The summed E-state index contributed by atoms with van der Waals surface area (Å²) in [4.78, 5) is 27.1. The van der Waals surface area contributed by atoms with E-state index < -0.39 is 5.97 Å². The van der Waals surface area contributed by atoms with E-state index in [1.807, 2.05) is 0 Å². The molecule has 3 rings (SSSR count). The van der Waals surface area contributed by atoms with Crippen molar-refractivity contribution in [3.8, 4) is 0 Å². The second kappa shape index (κ2) is 6.04. The van der Waals surface area contributed by atoms with Gasteiger partial charge in [-0.3, -0.25) is 9.78 Å². The van der Waals surface area contributed by atoms with Crippen molar-refractivity contribution in [3.63, 3.8) is 0 Å². The number of carboxylic acids is 1. The molecule has 0 atom stereocenters. The molecule has 23 heavy (non-hydrogen) atoms. The van der Waals surface area contributed by atoms with Gasteiger partial charge < -0.3 is 9.52 Å². The van der Waals surface area contributed by atoms with E-state index >= 15 is 0 Å². The lowest BCUT2D eigenvalue weighted by Gasteiger charge is -2.13. The number of nitrogens with zero attached hydrogens (tertiary/aromatic N) is 2. The number of hydrogen-bond acceptors (Lipinski definition) is 5. The lowest BCUT2D eigenvalue weighted by Crippen LogP contribution is -2.22. The number of hydrogen-bond donors (Lipinski definition) is 2. The average molecular weight is 313 g/mol. The van der Waals surface area contributed by atoms with Crippen LogP contribution in [0.3, 0.4) is 0 Å². The van der Waals surface area contributed by atoms with Crippen LogP contribution in [-0.4, -0.2) is 27.7 Å². The predicted octanol–water partition coefficient (Wildman–Crippen LogP) is 2.15. The van der Waals surface area contributed by atoms with Crippen molar-refractivity contribution >= 4 is 17.6 Å². The van der Waals surface area contributed by atoms with Gasteiger partial charge in [-0.1, -0.05) is 0 Å². The minimum absolute atomic E-state index is 0.0648. The van der Waals surface area contributed by atoms with Crippen LogP contribution in [0.2, 0.25) is 0 Å². The Morgan fingerprint density at radius 2 is 2.04 bits per heavy atom. The number of rotatable bonds is 3. The van der Waals surface area contributed by atoms with Crippen molar-refractivity contribution in [1.82, 2.24) is 10.4 Å². The summed E-state index contributed by atoms with van der Waals surface area (Å²) in [6, 6.07) is 3.18. The van der Waals surface area contributed by atoms with Crippen LogP contribution in [-0.2, 0) is 6.42 Å². The van der Waals surface area contributed by atoms with Crippen LogP contribution in [0, 0.1) is 6.92 Å². The molecule has 0 aromatic carbocycles. The van der Waals surface area contributed by atoms with Crippen LogP contribution < -0.4 is 5.43 Å². The summed E-state index contributed by atoms with van der Waals surface area (Å²) in [6.45, 7) is 1.69. The standard InChI is InChI=1S/C16H15N3O4/c1-9-13-11(3-2-4-12(13)23-14(9)16(21)22)18-19-15(20)10-5-7-17-8-6-10/h5-8H,2-4H2,1H3,(H,19,20)(H,21,22)/b18-11+. The molecule has 2 heterocycles. The molecule has 1 aliphatic rings. The SMILES string of the molecule is Cc1c(C(=O)O)oc2c1/C(=N/NC(=O)c1ccncc1)CCC2. The van der Waals surface area contributed by atoms with Crippen molar-refractivity contribution in [2.45, 2.75) is 26.2 Å². The highest BCUT2D eigenvalue weighted by Gasteiger charge is 2.27. The first kappa shape index (κ1) is 15.0. The number of pyridine rings is 1. The van der Waals surface area contributed by atoms with E-state index in [0.29, 0.717) is 41.0 Å². The van der Waals surface area contributed by atoms with Crippen molar-refractivity contribution in [3.05, 3.63) is 52.7 Å².